The van der Waals surface area contributed by atoms with Crippen LogP contribution in [-0.2, 0) is 0 Å². The Morgan fingerprint density at radius 3 is 2.62 bits per heavy atom. The van der Waals surface area contributed by atoms with E-state index in [1.165, 1.54) is 0 Å². The number of aliphatic hydroxyl groups is 1. The number of carbonyl (C=O) groups is 1. The minimum atomic E-state index is -0.721. The van der Waals surface area contributed by atoms with Crippen molar-refractivity contribution in [2.45, 2.75) is 38.2 Å². The SMILES string of the molecule is CC1CCC(O)(CNC(N)=O)CC1. The fraction of sp³-hybridized carbons (Fsp3) is 0.889. The fourth-order valence-electron chi connectivity index (χ4n) is 1.73. The van der Waals surface area contributed by atoms with Crippen molar-refractivity contribution in [3.8, 4) is 0 Å². The van der Waals surface area contributed by atoms with Gasteiger partial charge in [-0.05, 0) is 31.6 Å². The molecule has 0 aromatic carbocycles. The van der Waals surface area contributed by atoms with Crippen molar-refractivity contribution in [1.82, 2.24) is 5.32 Å². The molecule has 0 atom stereocenters. The number of urea groups is 1. The molecular formula is C9H18N2O2. The zero-order chi connectivity index (χ0) is 9.90. The molecule has 1 saturated carbocycles. The first kappa shape index (κ1) is 10.3. The van der Waals surface area contributed by atoms with Crippen molar-refractivity contribution < 1.29 is 9.90 Å². The topological polar surface area (TPSA) is 75.3 Å². The van der Waals surface area contributed by atoms with Crippen LogP contribution >= 0.6 is 0 Å². The van der Waals surface area contributed by atoms with Crippen LogP contribution in [0.3, 0.4) is 0 Å². The molecule has 2 amide bonds. The van der Waals surface area contributed by atoms with Crippen molar-refractivity contribution in [2.24, 2.45) is 11.7 Å². The Morgan fingerprint density at radius 1 is 1.62 bits per heavy atom. The minimum absolute atomic E-state index is 0.287. The van der Waals surface area contributed by atoms with Gasteiger partial charge < -0.3 is 16.2 Å². The van der Waals surface area contributed by atoms with Crippen LogP contribution in [0.15, 0.2) is 0 Å². The highest BCUT2D eigenvalue weighted by Gasteiger charge is 2.31. The third-order valence-corrected chi connectivity index (χ3v) is 2.80. The van der Waals surface area contributed by atoms with E-state index in [1.54, 1.807) is 0 Å². The molecular weight excluding hydrogens is 168 g/mol. The van der Waals surface area contributed by atoms with E-state index in [4.69, 9.17) is 5.73 Å². The molecule has 0 saturated heterocycles. The monoisotopic (exact) mass is 186 g/mol. The molecule has 0 radical (unpaired) electrons. The number of nitrogens with one attached hydrogen (secondary N) is 1. The Labute approximate surface area is 78.5 Å². The number of nitrogens with two attached hydrogens (primary N) is 1. The second-order valence-electron chi connectivity index (χ2n) is 4.12. The maximum atomic E-state index is 10.4. The highest BCUT2D eigenvalue weighted by atomic mass is 16.3. The molecule has 0 unspecified atom stereocenters. The zero-order valence-corrected chi connectivity index (χ0v) is 8.05. The summed E-state index contributed by atoms with van der Waals surface area (Å²) < 4.78 is 0. The van der Waals surface area contributed by atoms with Gasteiger partial charge in [-0.15, -0.1) is 0 Å². The summed E-state index contributed by atoms with van der Waals surface area (Å²) in [4.78, 5) is 10.4. The van der Waals surface area contributed by atoms with Crippen molar-refractivity contribution in [3.63, 3.8) is 0 Å². The predicted molar refractivity (Wildman–Crippen MR) is 50.2 cm³/mol. The maximum Gasteiger partial charge on any atom is 0.312 e. The number of rotatable bonds is 2. The lowest BCUT2D eigenvalue weighted by atomic mass is 9.79. The molecule has 0 aromatic heterocycles. The zero-order valence-electron chi connectivity index (χ0n) is 8.05. The van der Waals surface area contributed by atoms with Crippen LogP contribution in [0, 0.1) is 5.92 Å². The summed E-state index contributed by atoms with van der Waals surface area (Å²) in [7, 11) is 0. The summed E-state index contributed by atoms with van der Waals surface area (Å²) in [5.41, 5.74) is 4.21. The van der Waals surface area contributed by atoms with Gasteiger partial charge in [0.15, 0.2) is 0 Å². The molecule has 76 valence electrons. The number of hydrogen-bond acceptors (Lipinski definition) is 2. The number of primary amides is 1. The van der Waals surface area contributed by atoms with E-state index in [1.807, 2.05) is 0 Å². The average molecular weight is 186 g/mol. The first-order chi connectivity index (χ1) is 6.02. The van der Waals surface area contributed by atoms with Crippen LogP contribution in [-0.4, -0.2) is 23.3 Å². The Balaban J connectivity index is 2.34. The summed E-state index contributed by atoms with van der Waals surface area (Å²) in [6.45, 7) is 2.47. The van der Waals surface area contributed by atoms with Gasteiger partial charge in [0, 0.05) is 6.54 Å². The molecule has 1 aliphatic carbocycles. The Kier molecular flexibility index (Phi) is 3.14. The molecule has 0 heterocycles. The van der Waals surface area contributed by atoms with Gasteiger partial charge in [0.25, 0.3) is 0 Å². The van der Waals surface area contributed by atoms with Crippen LogP contribution in [0.2, 0.25) is 0 Å². The minimum Gasteiger partial charge on any atom is -0.388 e. The van der Waals surface area contributed by atoms with Crippen LogP contribution in [0.4, 0.5) is 4.79 Å². The van der Waals surface area contributed by atoms with E-state index in [0.717, 1.165) is 25.7 Å². The first-order valence-corrected chi connectivity index (χ1v) is 4.77. The maximum absolute atomic E-state index is 10.4. The van der Waals surface area contributed by atoms with Crippen LogP contribution < -0.4 is 11.1 Å². The molecule has 0 bridgehead atoms. The summed E-state index contributed by atoms with van der Waals surface area (Å²) in [6.07, 6.45) is 3.57. The van der Waals surface area contributed by atoms with Gasteiger partial charge in [-0.25, -0.2) is 4.79 Å². The average Bonchev–Trinajstić information content (AvgIpc) is 2.08. The molecule has 4 N–H and O–H groups in total. The van der Waals surface area contributed by atoms with Crippen molar-refractivity contribution in [3.05, 3.63) is 0 Å². The normalized spacial score (nSPS) is 34.2. The second-order valence-corrected chi connectivity index (χ2v) is 4.12. The van der Waals surface area contributed by atoms with Crippen molar-refractivity contribution >= 4 is 6.03 Å². The van der Waals surface area contributed by atoms with Crippen molar-refractivity contribution in [2.75, 3.05) is 6.54 Å². The molecule has 1 fully saturated rings. The third-order valence-electron chi connectivity index (χ3n) is 2.80. The van der Waals surface area contributed by atoms with E-state index in [9.17, 15) is 9.90 Å². The van der Waals surface area contributed by atoms with E-state index < -0.39 is 11.6 Å². The number of amides is 2. The summed E-state index contributed by atoms with van der Waals surface area (Å²) in [5, 5.41) is 12.4. The van der Waals surface area contributed by atoms with Gasteiger partial charge in [0.1, 0.15) is 0 Å². The standard InChI is InChI=1S/C9H18N2O2/c1-7-2-4-9(13,5-3-7)6-11-8(10)12/h7,13H,2-6H2,1H3,(H3,10,11,12). The van der Waals surface area contributed by atoms with Gasteiger partial charge in [0.2, 0.25) is 0 Å². The Morgan fingerprint density at radius 2 is 2.15 bits per heavy atom. The highest BCUT2D eigenvalue weighted by Crippen LogP contribution is 2.31. The van der Waals surface area contributed by atoms with Crippen LogP contribution in [0.1, 0.15) is 32.6 Å². The van der Waals surface area contributed by atoms with E-state index in [2.05, 4.69) is 12.2 Å². The molecule has 4 nitrogen and oxygen atoms in total. The summed E-state index contributed by atoms with van der Waals surface area (Å²) in [6, 6.07) is -0.563. The van der Waals surface area contributed by atoms with E-state index in [-0.39, 0.29) is 6.54 Å². The smallest absolute Gasteiger partial charge is 0.312 e. The molecule has 1 aliphatic rings. The fourth-order valence-corrected chi connectivity index (χ4v) is 1.73. The van der Waals surface area contributed by atoms with Crippen molar-refractivity contribution in [1.29, 1.82) is 0 Å². The Bertz CT molecular complexity index is 186. The Hall–Kier alpha value is -0.770. The molecule has 0 aliphatic heterocycles. The van der Waals surface area contributed by atoms with Gasteiger partial charge in [0.05, 0.1) is 5.60 Å². The second kappa shape index (κ2) is 3.96. The quantitative estimate of drug-likeness (QED) is 0.590. The largest absolute Gasteiger partial charge is 0.388 e. The highest BCUT2D eigenvalue weighted by molar-refractivity contribution is 5.71. The van der Waals surface area contributed by atoms with E-state index >= 15 is 0 Å². The molecule has 0 spiro atoms. The summed E-state index contributed by atoms with van der Waals surface area (Å²) in [5.74, 6) is 0.689. The van der Waals surface area contributed by atoms with E-state index in [0.29, 0.717) is 5.92 Å². The van der Waals surface area contributed by atoms with Gasteiger partial charge >= 0.3 is 6.03 Å². The lowest BCUT2D eigenvalue weighted by Crippen LogP contribution is -2.46. The lowest BCUT2D eigenvalue weighted by Gasteiger charge is -2.34. The van der Waals surface area contributed by atoms with Gasteiger partial charge in [-0.2, -0.15) is 0 Å². The molecule has 4 heteroatoms. The molecule has 0 aromatic rings. The third kappa shape index (κ3) is 3.22. The number of hydrogen-bond donors (Lipinski definition) is 3. The molecule has 1 rings (SSSR count). The molecule has 13 heavy (non-hydrogen) atoms. The predicted octanol–water partition coefficient (Wildman–Crippen LogP) is 0.596. The van der Waals surface area contributed by atoms with Crippen LogP contribution in [0.5, 0.6) is 0 Å². The first-order valence-electron chi connectivity index (χ1n) is 4.77. The number of carbonyl (C=O) groups excluding carboxylic acids is 1. The van der Waals surface area contributed by atoms with Crippen LogP contribution in [0.25, 0.3) is 0 Å². The lowest BCUT2D eigenvalue weighted by molar-refractivity contribution is -0.00367. The van der Waals surface area contributed by atoms with Gasteiger partial charge in [-0.1, -0.05) is 6.92 Å². The summed E-state index contributed by atoms with van der Waals surface area (Å²) >= 11 is 0. The van der Waals surface area contributed by atoms with Gasteiger partial charge in [-0.3, -0.25) is 0 Å².